The van der Waals surface area contributed by atoms with Gasteiger partial charge in [-0.05, 0) is 47.4 Å². The number of benzene rings is 4. The number of imide groups is 1. The Morgan fingerprint density at radius 2 is 1.58 bits per heavy atom. The molecule has 0 radical (unpaired) electrons. The van der Waals surface area contributed by atoms with Crippen LogP contribution >= 0.6 is 0 Å². The summed E-state index contributed by atoms with van der Waals surface area (Å²) < 4.78 is 1.95. The number of para-hydroxylation sites is 2. The fourth-order valence-corrected chi connectivity index (χ4v) is 6.65. The summed E-state index contributed by atoms with van der Waals surface area (Å²) in [6.45, 7) is 0.796. The molecular formula is C37H33N5O6. The Bertz CT molecular complexity index is 2120. The van der Waals surface area contributed by atoms with E-state index in [1.807, 2.05) is 71.3 Å². The van der Waals surface area contributed by atoms with Crippen molar-refractivity contribution in [3.63, 3.8) is 0 Å². The number of carbonyl (C=O) groups is 5. The van der Waals surface area contributed by atoms with Crippen molar-refractivity contribution in [2.45, 2.75) is 51.7 Å². The smallest absolute Gasteiger partial charge is 0.255 e. The molecule has 4 aromatic carbocycles. The van der Waals surface area contributed by atoms with Crippen LogP contribution in [0.25, 0.3) is 21.8 Å². The van der Waals surface area contributed by atoms with Gasteiger partial charge in [0.1, 0.15) is 12.6 Å². The summed E-state index contributed by atoms with van der Waals surface area (Å²) in [5, 5.41) is 20.2. The van der Waals surface area contributed by atoms with E-state index in [1.54, 1.807) is 18.2 Å². The van der Waals surface area contributed by atoms with E-state index in [-0.39, 0.29) is 62.7 Å². The van der Waals surface area contributed by atoms with Crippen LogP contribution in [0.5, 0.6) is 0 Å². The average Bonchev–Trinajstić information content (AvgIpc) is 3.60. The largest absolute Gasteiger partial charge is 0.392 e. The van der Waals surface area contributed by atoms with Crippen LogP contribution in [0.1, 0.15) is 55.8 Å². The van der Waals surface area contributed by atoms with Gasteiger partial charge < -0.3 is 25.2 Å². The lowest BCUT2D eigenvalue weighted by Crippen LogP contribution is -2.52. The normalized spacial score (nSPS) is 15.9. The van der Waals surface area contributed by atoms with Gasteiger partial charge in [0.2, 0.25) is 17.7 Å². The van der Waals surface area contributed by atoms with E-state index in [0.717, 1.165) is 38.5 Å². The fraction of sp³-hybridized carbons (Fsp3) is 0.216. The van der Waals surface area contributed by atoms with Crippen LogP contribution < -0.4 is 16.0 Å². The van der Waals surface area contributed by atoms with E-state index >= 15 is 0 Å². The predicted molar refractivity (Wildman–Crippen MR) is 177 cm³/mol. The minimum atomic E-state index is -0.712. The van der Waals surface area contributed by atoms with Crippen molar-refractivity contribution in [3.8, 4) is 0 Å². The van der Waals surface area contributed by atoms with Crippen molar-refractivity contribution in [3.05, 3.63) is 118 Å². The van der Waals surface area contributed by atoms with E-state index in [9.17, 15) is 29.1 Å². The highest BCUT2D eigenvalue weighted by Crippen LogP contribution is 2.31. The highest BCUT2D eigenvalue weighted by atomic mass is 16.3. The number of aromatic nitrogens is 1. The van der Waals surface area contributed by atoms with Crippen LogP contribution in [0.4, 0.5) is 0 Å². The molecule has 0 saturated carbocycles. The molecular weight excluding hydrogens is 610 g/mol. The Morgan fingerprint density at radius 1 is 0.854 bits per heavy atom. The Hall–Kier alpha value is -5.81. The number of amides is 5. The summed E-state index contributed by atoms with van der Waals surface area (Å²) in [5.74, 6) is -1.56. The number of hydrogen-bond acceptors (Lipinski definition) is 6. The number of piperidine rings is 1. The number of fused-ring (bicyclic) bond motifs is 4. The molecule has 5 amide bonds. The van der Waals surface area contributed by atoms with Crippen molar-refractivity contribution >= 4 is 51.3 Å². The van der Waals surface area contributed by atoms with Gasteiger partial charge in [-0.25, -0.2) is 0 Å². The second-order valence-electron chi connectivity index (χ2n) is 12.1. The molecule has 1 atom stereocenters. The first kappa shape index (κ1) is 30.8. The average molecular weight is 644 g/mol. The van der Waals surface area contributed by atoms with Crippen LogP contribution in [0.3, 0.4) is 0 Å². The Kier molecular flexibility index (Phi) is 8.20. The predicted octanol–water partition coefficient (Wildman–Crippen LogP) is 3.29. The molecule has 2 aliphatic rings. The van der Waals surface area contributed by atoms with E-state index < -0.39 is 11.9 Å². The minimum absolute atomic E-state index is 0.108. The molecule has 1 unspecified atom stereocenters. The highest BCUT2D eigenvalue weighted by molar-refractivity contribution is 6.10. The van der Waals surface area contributed by atoms with Gasteiger partial charge in [0, 0.05) is 59.0 Å². The SMILES string of the molecule is O=C(Cn1c2ccccc2c2cccc(CO)c21)NCc1ccc(CNC(=O)c2ccc3c(c2)CN(C2CCC(=O)NC2=O)C3=O)cc1. The van der Waals surface area contributed by atoms with Crippen molar-refractivity contribution in [1.82, 2.24) is 25.4 Å². The molecule has 4 N–H and O–H groups in total. The second-order valence-corrected chi connectivity index (χ2v) is 12.1. The van der Waals surface area contributed by atoms with Gasteiger partial charge in [0.05, 0.1) is 12.1 Å². The number of nitrogens with zero attached hydrogens (tertiary/aromatic N) is 2. The maximum absolute atomic E-state index is 13.1. The third-order valence-corrected chi connectivity index (χ3v) is 9.10. The molecule has 11 heteroatoms. The quantitative estimate of drug-likeness (QED) is 0.181. The number of hydrogen-bond donors (Lipinski definition) is 4. The van der Waals surface area contributed by atoms with E-state index in [1.165, 1.54) is 4.90 Å². The first-order chi connectivity index (χ1) is 23.3. The first-order valence-electron chi connectivity index (χ1n) is 15.8. The summed E-state index contributed by atoms with van der Waals surface area (Å²) in [6.07, 6.45) is 0.452. The molecule has 3 heterocycles. The molecule has 7 rings (SSSR count). The summed E-state index contributed by atoms with van der Waals surface area (Å²) in [5.41, 5.74) is 5.84. The summed E-state index contributed by atoms with van der Waals surface area (Å²) in [7, 11) is 0. The molecule has 2 aliphatic heterocycles. The van der Waals surface area contributed by atoms with Gasteiger partial charge in [-0.2, -0.15) is 0 Å². The molecule has 0 spiro atoms. The lowest BCUT2D eigenvalue weighted by molar-refractivity contribution is -0.137. The van der Waals surface area contributed by atoms with Crippen LogP contribution in [0.2, 0.25) is 0 Å². The molecule has 1 fully saturated rings. The van der Waals surface area contributed by atoms with Gasteiger partial charge in [-0.3, -0.25) is 29.3 Å². The number of rotatable bonds is 9. The van der Waals surface area contributed by atoms with Crippen LogP contribution in [0, 0.1) is 0 Å². The van der Waals surface area contributed by atoms with Crippen LogP contribution in [0.15, 0.2) is 84.9 Å². The lowest BCUT2D eigenvalue weighted by Gasteiger charge is -2.29. The summed E-state index contributed by atoms with van der Waals surface area (Å²) >= 11 is 0. The number of aliphatic hydroxyl groups is 1. The Labute approximate surface area is 275 Å². The minimum Gasteiger partial charge on any atom is -0.392 e. The van der Waals surface area contributed by atoms with Crippen molar-refractivity contribution in [2.75, 3.05) is 0 Å². The van der Waals surface area contributed by atoms with Crippen molar-refractivity contribution < 1.29 is 29.1 Å². The van der Waals surface area contributed by atoms with E-state index in [0.29, 0.717) is 23.2 Å². The third kappa shape index (κ3) is 5.80. The Balaban J connectivity index is 0.939. The highest BCUT2D eigenvalue weighted by Gasteiger charge is 2.39. The summed E-state index contributed by atoms with van der Waals surface area (Å²) in [4.78, 5) is 64.3. The molecule has 48 heavy (non-hydrogen) atoms. The topological polar surface area (TPSA) is 150 Å². The van der Waals surface area contributed by atoms with Gasteiger partial charge in [-0.1, -0.05) is 60.7 Å². The molecule has 0 aliphatic carbocycles. The molecule has 1 aromatic heterocycles. The van der Waals surface area contributed by atoms with Gasteiger partial charge in [-0.15, -0.1) is 0 Å². The molecule has 1 saturated heterocycles. The van der Waals surface area contributed by atoms with Gasteiger partial charge in [0.25, 0.3) is 11.8 Å². The number of nitrogens with one attached hydrogen (secondary N) is 3. The lowest BCUT2D eigenvalue weighted by atomic mass is 10.0. The second kappa shape index (κ2) is 12.8. The van der Waals surface area contributed by atoms with E-state index in [2.05, 4.69) is 16.0 Å². The summed E-state index contributed by atoms with van der Waals surface area (Å²) in [6, 6.07) is 25.4. The zero-order valence-electron chi connectivity index (χ0n) is 26.0. The monoisotopic (exact) mass is 643 g/mol. The van der Waals surface area contributed by atoms with E-state index in [4.69, 9.17) is 0 Å². The van der Waals surface area contributed by atoms with Crippen LogP contribution in [-0.4, -0.2) is 50.2 Å². The maximum atomic E-state index is 13.1. The zero-order valence-corrected chi connectivity index (χ0v) is 26.0. The number of carbonyl (C=O) groups excluding carboxylic acids is 5. The van der Waals surface area contributed by atoms with Crippen LogP contribution in [-0.2, 0) is 47.2 Å². The fourth-order valence-electron chi connectivity index (χ4n) is 6.65. The maximum Gasteiger partial charge on any atom is 0.255 e. The molecule has 5 aromatic rings. The number of aliphatic hydroxyl groups excluding tert-OH is 1. The van der Waals surface area contributed by atoms with Crippen molar-refractivity contribution in [1.29, 1.82) is 0 Å². The van der Waals surface area contributed by atoms with Crippen molar-refractivity contribution in [2.24, 2.45) is 0 Å². The molecule has 11 nitrogen and oxygen atoms in total. The standard InChI is InChI=1S/C37H33N5O6/c43-21-25-4-3-6-29-28-5-1-2-7-30(28)41(34(25)29)20-33(45)38-17-22-8-10-23(11-9-22)18-39-35(46)24-12-13-27-26(16-24)19-42(37(27)48)31-14-15-32(44)40-36(31)47/h1-13,16,31,43H,14-15,17-21H2,(H,38,45)(H,39,46)(H,40,44,47). The van der Waals surface area contributed by atoms with Gasteiger partial charge in [0.15, 0.2) is 0 Å². The zero-order chi connectivity index (χ0) is 33.4. The first-order valence-corrected chi connectivity index (χ1v) is 15.8. The molecule has 0 bridgehead atoms. The Morgan fingerprint density at radius 3 is 2.33 bits per heavy atom. The third-order valence-electron chi connectivity index (χ3n) is 9.10. The molecule has 242 valence electrons. The van der Waals surface area contributed by atoms with Gasteiger partial charge >= 0.3 is 0 Å².